The van der Waals surface area contributed by atoms with Gasteiger partial charge in [-0.1, -0.05) is 49.8 Å². The van der Waals surface area contributed by atoms with Gasteiger partial charge in [-0.3, -0.25) is 14.5 Å². The number of anilines is 1. The number of nitrogens with one attached hydrogen (secondary N) is 1. The standard InChI is InChI=1S/C23H34ClN3O4S/c1-4-32(30,31)26-15-21(28)27(20-14-10-13-19(24)17(20)2)23(3,16-26)22(29)25-18-11-8-6-5-7-9-12-18/h10,13-14,18H,4-9,11-12,15-16H2,1-3H3,(H,25,29)/t23-/m0/s1. The smallest absolute Gasteiger partial charge is 0.247 e. The minimum atomic E-state index is -3.65. The molecule has 178 valence electrons. The first-order valence-electron chi connectivity index (χ1n) is 11.5. The lowest BCUT2D eigenvalue weighted by Crippen LogP contribution is -2.71. The molecular weight excluding hydrogens is 450 g/mol. The third-order valence-electron chi connectivity index (χ3n) is 6.71. The Balaban J connectivity index is 1.99. The van der Waals surface area contributed by atoms with E-state index in [9.17, 15) is 18.0 Å². The fraction of sp³-hybridized carbons (Fsp3) is 0.652. The summed E-state index contributed by atoms with van der Waals surface area (Å²) in [7, 11) is -3.65. The van der Waals surface area contributed by atoms with Gasteiger partial charge in [0.05, 0.1) is 12.3 Å². The predicted molar refractivity (Wildman–Crippen MR) is 127 cm³/mol. The Morgan fingerprint density at radius 1 is 1.19 bits per heavy atom. The van der Waals surface area contributed by atoms with Crippen LogP contribution in [0.25, 0.3) is 0 Å². The van der Waals surface area contributed by atoms with Crippen molar-refractivity contribution in [2.45, 2.75) is 77.3 Å². The molecule has 1 aliphatic heterocycles. The Morgan fingerprint density at radius 3 is 2.44 bits per heavy atom. The number of carbonyl (C=O) groups excluding carboxylic acids is 2. The quantitative estimate of drug-likeness (QED) is 0.692. The monoisotopic (exact) mass is 483 g/mol. The summed E-state index contributed by atoms with van der Waals surface area (Å²) in [6.07, 6.45) is 7.41. The predicted octanol–water partition coefficient (Wildman–Crippen LogP) is 3.63. The van der Waals surface area contributed by atoms with Gasteiger partial charge in [-0.05, 0) is 51.3 Å². The number of nitrogens with zero attached hydrogens (tertiary/aromatic N) is 2. The molecule has 1 atom stereocenters. The largest absolute Gasteiger partial charge is 0.351 e. The molecule has 2 amide bonds. The molecule has 1 aliphatic carbocycles. The maximum Gasteiger partial charge on any atom is 0.247 e. The van der Waals surface area contributed by atoms with Crippen LogP contribution in [-0.4, -0.2) is 55.0 Å². The Kier molecular flexibility index (Phi) is 7.89. The van der Waals surface area contributed by atoms with Gasteiger partial charge in [0.2, 0.25) is 21.8 Å². The molecule has 0 aromatic heterocycles. The van der Waals surface area contributed by atoms with Gasteiger partial charge in [0.25, 0.3) is 0 Å². The third kappa shape index (κ3) is 5.13. The topological polar surface area (TPSA) is 86.8 Å². The highest BCUT2D eigenvalue weighted by molar-refractivity contribution is 7.89. The van der Waals surface area contributed by atoms with Crippen LogP contribution in [0.4, 0.5) is 5.69 Å². The molecule has 7 nitrogen and oxygen atoms in total. The highest BCUT2D eigenvalue weighted by Crippen LogP contribution is 2.35. The molecule has 1 aromatic rings. The van der Waals surface area contributed by atoms with Crippen molar-refractivity contribution < 1.29 is 18.0 Å². The summed E-state index contributed by atoms with van der Waals surface area (Å²) in [6, 6.07) is 5.24. The Morgan fingerprint density at radius 2 is 1.81 bits per heavy atom. The van der Waals surface area contributed by atoms with Crippen molar-refractivity contribution in [1.82, 2.24) is 9.62 Å². The molecule has 0 radical (unpaired) electrons. The number of sulfonamides is 1. The number of amides is 2. The van der Waals surface area contributed by atoms with E-state index >= 15 is 0 Å². The molecule has 32 heavy (non-hydrogen) atoms. The van der Waals surface area contributed by atoms with Crippen LogP contribution in [-0.2, 0) is 19.6 Å². The normalized spacial score (nSPS) is 24.1. The van der Waals surface area contributed by atoms with Crippen LogP contribution in [0.2, 0.25) is 5.02 Å². The molecule has 2 fully saturated rings. The minimum absolute atomic E-state index is 0.0233. The summed E-state index contributed by atoms with van der Waals surface area (Å²) in [5.41, 5.74) is -0.180. The number of halogens is 1. The van der Waals surface area contributed by atoms with E-state index in [4.69, 9.17) is 11.6 Å². The van der Waals surface area contributed by atoms with Gasteiger partial charge in [-0.2, -0.15) is 4.31 Å². The van der Waals surface area contributed by atoms with Gasteiger partial charge in [0.1, 0.15) is 5.54 Å². The van der Waals surface area contributed by atoms with Crippen molar-refractivity contribution in [3.63, 3.8) is 0 Å². The van der Waals surface area contributed by atoms with E-state index in [0.717, 1.165) is 42.8 Å². The zero-order valence-corrected chi connectivity index (χ0v) is 20.8. The number of hydrogen-bond acceptors (Lipinski definition) is 4. The van der Waals surface area contributed by atoms with Crippen LogP contribution in [0.3, 0.4) is 0 Å². The van der Waals surface area contributed by atoms with Crippen molar-refractivity contribution in [1.29, 1.82) is 0 Å². The number of piperazine rings is 1. The summed E-state index contributed by atoms with van der Waals surface area (Å²) < 4.78 is 26.4. The summed E-state index contributed by atoms with van der Waals surface area (Å²) in [5, 5.41) is 3.64. The van der Waals surface area contributed by atoms with Gasteiger partial charge in [-0.15, -0.1) is 0 Å². The maximum atomic E-state index is 13.7. The number of hydrogen-bond donors (Lipinski definition) is 1. The van der Waals surface area contributed by atoms with Crippen LogP contribution in [0.15, 0.2) is 18.2 Å². The molecular formula is C23H34ClN3O4S. The van der Waals surface area contributed by atoms with Crippen LogP contribution in [0.1, 0.15) is 64.4 Å². The van der Waals surface area contributed by atoms with Crippen molar-refractivity contribution in [2.75, 3.05) is 23.7 Å². The maximum absolute atomic E-state index is 13.7. The van der Waals surface area contributed by atoms with E-state index in [1.807, 2.05) is 0 Å². The number of benzene rings is 1. The second-order valence-corrected chi connectivity index (χ2v) is 11.7. The second-order valence-electron chi connectivity index (χ2n) is 9.07. The molecule has 1 aromatic carbocycles. The third-order valence-corrected chi connectivity index (χ3v) is 8.89. The fourth-order valence-electron chi connectivity index (χ4n) is 4.70. The van der Waals surface area contributed by atoms with Gasteiger partial charge < -0.3 is 5.32 Å². The van der Waals surface area contributed by atoms with Crippen LogP contribution in [0, 0.1) is 6.92 Å². The minimum Gasteiger partial charge on any atom is -0.351 e. The van der Waals surface area contributed by atoms with Gasteiger partial charge in [0, 0.05) is 23.3 Å². The lowest BCUT2D eigenvalue weighted by molar-refractivity contribution is -0.133. The first-order chi connectivity index (χ1) is 15.1. The molecule has 2 aliphatic rings. The first-order valence-corrected chi connectivity index (χ1v) is 13.5. The van der Waals surface area contributed by atoms with Gasteiger partial charge >= 0.3 is 0 Å². The summed E-state index contributed by atoms with van der Waals surface area (Å²) in [4.78, 5) is 28.5. The second kappa shape index (κ2) is 10.1. The summed E-state index contributed by atoms with van der Waals surface area (Å²) in [5.74, 6) is -0.891. The Bertz CT molecular complexity index is 960. The van der Waals surface area contributed by atoms with E-state index in [-0.39, 0.29) is 30.8 Å². The van der Waals surface area contributed by atoms with Crippen molar-refractivity contribution in [3.05, 3.63) is 28.8 Å². The van der Waals surface area contributed by atoms with Crippen molar-refractivity contribution >= 4 is 39.1 Å². The molecule has 0 bridgehead atoms. The number of rotatable bonds is 5. The molecule has 1 saturated carbocycles. The van der Waals surface area contributed by atoms with E-state index in [1.165, 1.54) is 11.3 Å². The molecule has 0 spiro atoms. The lowest BCUT2D eigenvalue weighted by atomic mass is 9.91. The Labute approximate surface area is 196 Å². The highest BCUT2D eigenvalue weighted by Gasteiger charge is 2.51. The summed E-state index contributed by atoms with van der Waals surface area (Å²) >= 11 is 6.32. The Hall–Kier alpha value is -1.64. The SMILES string of the molecule is CCS(=O)(=O)N1CC(=O)N(c2cccc(Cl)c2C)[C@](C)(C(=O)NC2CCCCCCC2)C1. The molecule has 0 unspecified atom stereocenters. The van der Waals surface area contributed by atoms with E-state index < -0.39 is 21.5 Å². The van der Waals surface area contributed by atoms with E-state index in [2.05, 4.69) is 5.32 Å². The number of carbonyl (C=O) groups is 2. The molecule has 3 rings (SSSR count). The molecule has 1 N–H and O–H groups in total. The van der Waals surface area contributed by atoms with Crippen LogP contribution >= 0.6 is 11.6 Å². The average molecular weight is 484 g/mol. The fourth-order valence-corrected chi connectivity index (χ4v) is 5.99. The van der Waals surface area contributed by atoms with E-state index in [0.29, 0.717) is 16.3 Å². The molecule has 1 saturated heterocycles. The van der Waals surface area contributed by atoms with Gasteiger partial charge in [0.15, 0.2) is 0 Å². The molecule has 1 heterocycles. The van der Waals surface area contributed by atoms with Crippen LogP contribution in [0.5, 0.6) is 0 Å². The summed E-state index contributed by atoms with van der Waals surface area (Å²) in [6.45, 7) is 4.60. The lowest BCUT2D eigenvalue weighted by Gasteiger charge is -2.47. The first kappa shape index (κ1) is 25.0. The molecule has 9 heteroatoms. The highest BCUT2D eigenvalue weighted by atomic mass is 35.5. The van der Waals surface area contributed by atoms with E-state index in [1.54, 1.807) is 39.0 Å². The zero-order valence-electron chi connectivity index (χ0n) is 19.2. The van der Waals surface area contributed by atoms with Crippen molar-refractivity contribution in [2.24, 2.45) is 0 Å². The van der Waals surface area contributed by atoms with Crippen LogP contribution < -0.4 is 10.2 Å². The van der Waals surface area contributed by atoms with Crippen molar-refractivity contribution in [3.8, 4) is 0 Å². The average Bonchev–Trinajstić information content (AvgIpc) is 2.72. The zero-order chi connectivity index (χ0) is 23.5. The van der Waals surface area contributed by atoms with Gasteiger partial charge in [-0.25, -0.2) is 8.42 Å².